The molecule has 0 fully saturated rings. The van der Waals surface area contributed by atoms with E-state index in [1.807, 2.05) is 0 Å². The highest BCUT2D eigenvalue weighted by molar-refractivity contribution is 6.36. The van der Waals surface area contributed by atoms with Gasteiger partial charge in [-0.3, -0.25) is 9.89 Å². The summed E-state index contributed by atoms with van der Waals surface area (Å²) in [6.07, 6.45) is 1.31. The maximum absolute atomic E-state index is 13.8. The Bertz CT molecular complexity index is 1010. The molecule has 3 rings (SSSR count). The molecule has 0 unspecified atom stereocenters. The number of rotatable bonds is 6. The third kappa shape index (κ3) is 4.16. The largest absolute Gasteiger partial charge is 0.380 e. The molecule has 5 nitrogen and oxygen atoms in total. The summed E-state index contributed by atoms with van der Waals surface area (Å²) in [6.45, 7) is 4.15. The third-order valence-electron chi connectivity index (χ3n) is 3.92. The van der Waals surface area contributed by atoms with Crippen LogP contribution in [0.4, 0.5) is 14.5 Å². The topological polar surface area (TPSA) is 69.8 Å². The van der Waals surface area contributed by atoms with Gasteiger partial charge in [-0.25, -0.2) is 8.78 Å². The average Bonchev–Trinajstić information content (AvgIpc) is 3.09. The molecule has 0 bridgehead atoms. The second-order valence-electron chi connectivity index (χ2n) is 5.74. The van der Waals surface area contributed by atoms with Crippen molar-refractivity contribution in [2.45, 2.75) is 6.54 Å². The van der Waals surface area contributed by atoms with Crippen molar-refractivity contribution in [1.29, 1.82) is 0 Å². The van der Waals surface area contributed by atoms with E-state index in [4.69, 9.17) is 23.2 Å². The highest BCUT2D eigenvalue weighted by atomic mass is 35.5. The van der Waals surface area contributed by atoms with Crippen molar-refractivity contribution in [3.63, 3.8) is 0 Å². The fourth-order valence-electron chi connectivity index (χ4n) is 2.50. The molecule has 0 radical (unpaired) electrons. The SMILES string of the molecule is C=C(NCc1c(Cl)cccc1Cl)c1[nH]ncc1NC(=O)c1c(F)cccc1F. The number of amides is 1. The molecular weight excluding hydrogens is 409 g/mol. The van der Waals surface area contributed by atoms with Crippen LogP contribution in [0.15, 0.2) is 49.2 Å². The van der Waals surface area contributed by atoms with Crippen LogP contribution in [-0.2, 0) is 6.54 Å². The van der Waals surface area contributed by atoms with Crippen LogP contribution < -0.4 is 10.6 Å². The van der Waals surface area contributed by atoms with Gasteiger partial charge in [0.1, 0.15) is 22.9 Å². The van der Waals surface area contributed by atoms with Crippen molar-refractivity contribution in [3.8, 4) is 0 Å². The van der Waals surface area contributed by atoms with E-state index in [-0.39, 0.29) is 12.2 Å². The number of H-pyrrole nitrogens is 1. The molecule has 1 aromatic heterocycles. The molecule has 0 saturated carbocycles. The van der Waals surface area contributed by atoms with E-state index in [0.717, 1.165) is 12.1 Å². The van der Waals surface area contributed by atoms with E-state index in [1.54, 1.807) is 18.2 Å². The molecule has 0 spiro atoms. The number of carbonyl (C=O) groups excluding carboxylic acids is 1. The van der Waals surface area contributed by atoms with Gasteiger partial charge in [0.25, 0.3) is 5.91 Å². The Balaban J connectivity index is 1.74. The molecule has 0 aliphatic carbocycles. The monoisotopic (exact) mass is 422 g/mol. The zero-order valence-corrected chi connectivity index (χ0v) is 15.8. The first-order valence-electron chi connectivity index (χ1n) is 8.03. The second kappa shape index (κ2) is 8.41. The predicted molar refractivity (Wildman–Crippen MR) is 105 cm³/mol. The van der Waals surface area contributed by atoms with Crippen LogP contribution in [0.3, 0.4) is 0 Å². The lowest BCUT2D eigenvalue weighted by Crippen LogP contribution is -2.18. The first-order valence-corrected chi connectivity index (χ1v) is 8.79. The van der Waals surface area contributed by atoms with E-state index in [2.05, 4.69) is 27.4 Å². The fourth-order valence-corrected chi connectivity index (χ4v) is 3.03. The molecule has 0 atom stereocenters. The number of nitrogens with zero attached hydrogens (tertiary/aromatic N) is 1. The average molecular weight is 423 g/mol. The minimum Gasteiger partial charge on any atom is -0.380 e. The van der Waals surface area contributed by atoms with Crippen molar-refractivity contribution < 1.29 is 13.6 Å². The zero-order valence-electron chi connectivity index (χ0n) is 14.3. The Hall–Kier alpha value is -2.90. The van der Waals surface area contributed by atoms with Gasteiger partial charge in [0.2, 0.25) is 0 Å². The lowest BCUT2D eigenvalue weighted by atomic mass is 10.1. The van der Waals surface area contributed by atoms with Gasteiger partial charge >= 0.3 is 0 Å². The molecular formula is C19H14Cl2F2N4O. The van der Waals surface area contributed by atoms with Gasteiger partial charge in [-0.05, 0) is 24.3 Å². The molecule has 1 amide bonds. The van der Waals surface area contributed by atoms with Crippen molar-refractivity contribution >= 4 is 40.5 Å². The third-order valence-corrected chi connectivity index (χ3v) is 4.63. The molecule has 0 aliphatic rings. The van der Waals surface area contributed by atoms with Gasteiger partial charge in [0.15, 0.2) is 0 Å². The minimum atomic E-state index is -0.965. The van der Waals surface area contributed by atoms with Crippen LogP contribution in [0.5, 0.6) is 0 Å². The smallest absolute Gasteiger partial charge is 0.261 e. The summed E-state index contributed by atoms with van der Waals surface area (Å²) in [4.78, 5) is 12.3. The Labute approximate surface area is 169 Å². The van der Waals surface area contributed by atoms with Crippen LogP contribution in [0, 0.1) is 11.6 Å². The fraction of sp³-hybridized carbons (Fsp3) is 0.0526. The molecule has 144 valence electrons. The maximum atomic E-state index is 13.8. The van der Waals surface area contributed by atoms with Gasteiger partial charge in [-0.15, -0.1) is 0 Å². The van der Waals surface area contributed by atoms with Crippen LogP contribution in [-0.4, -0.2) is 16.1 Å². The van der Waals surface area contributed by atoms with Gasteiger partial charge in [0.05, 0.1) is 17.6 Å². The molecule has 0 saturated heterocycles. The summed E-state index contributed by atoms with van der Waals surface area (Å²) in [5.41, 5.74) is 0.906. The van der Waals surface area contributed by atoms with Crippen LogP contribution in [0.1, 0.15) is 21.6 Å². The summed E-state index contributed by atoms with van der Waals surface area (Å²) >= 11 is 12.3. The number of carbonyl (C=O) groups is 1. The number of hydrogen-bond donors (Lipinski definition) is 3. The lowest BCUT2D eigenvalue weighted by Gasteiger charge is -2.13. The Kier molecular flexibility index (Phi) is 5.96. The van der Waals surface area contributed by atoms with Crippen molar-refractivity contribution in [3.05, 3.63) is 87.7 Å². The van der Waals surface area contributed by atoms with Crippen LogP contribution in [0.2, 0.25) is 10.0 Å². The molecule has 0 aliphatic heterocycles. The number of aromatic amines is 1. The van der Waals surface area contributed by atoms with Gasteiger partial charge in [-0.2, -0.15) is 5.10 Å². The Morgan fingerprint density at radius 3 is 2.36 bits per heavy atom. The van der Waals surface area contributed by atoms with Gasteiger partial charge in [0, 0.05) is 22.2 Å². The quantitative estimate of drug-likeness (QED) is 0.522. The summed E-state index contributed by atoms with van der Waals surface area (Å²) in [6, 6.07) is 8.32. The van der Waals surface area contributed by atoms with E-state index in [0.29, 0.717) is 27.0 Å². The molecule has 1 heterocycles. The predicted octanol–water partition coefficient (Wildman–Crippen LogP) is 5.01. The molecule has 3 N–H and O–H groups in total. The normalized spacial score (nSPS) is 10.6. The Morgan fingerprint density at radius 1 is 1.11 bits per heavy atom. The highest BCUT2D eigenvalue weighted by Crippen LogP contribution is 2.26. The summed E-state index contributed by atoms with van der Waals surface area (Å²) in [5.74, 6) is -2.87. The van der Waals surface area contributed by atoms with E-state index in [1.165, 1.54) is 12.3 Å². The minimum absolute atomic E-state index is 0.204. The van der Waals surface area contributed by atoms with Crippen molar-refractivity contribution in [1.82, 2.24) is 15.5 Å². The van der Waals surface area contributed by atoms with Crippen molar-refractivity contribution in [2.24, 2.45) is 0 Å². The molecule has 3 aromatic rings. The first-order chi connectivity index (χ1) is 13.4. The maximum Gasteiger partial charge on any atom is 0.261 e. The Morgan fingerprint density at radius 2 is 1.71 bits per heavy atom. The molecule has 9 heteroatoms. The first kappa shape index (κ1) is 19.9. The number of halogens is 4. The molecule has 2 aromatic carbocycles. The van der Waals surface area contributed by atoms with Crippen molar-refractivity contribution in [2.75, 3.05) is 5.32 Å². The number of benzene rings is 2. The highest BCUT2D eigenvalue weighted by Gasteiger charge is 2.19. The zero-order chi connectivity index (χ0) is 20.3. The van der Waals surface area contributed by atoms with E-state index in [9.17, 15) is 13.6 Å². The summed E-state index contributed by atoms with van der Waals surface area (Å²) in [7, 11) is 0. The summed E-state index contributed by atoms with van der Waals surface area (Å²) < 4.78 is 27.6. The standard InChI is InChI=1S/C19H14Cl2F2N4O/c1-10(24-8-11-12(20)4-2-5-13(11)21)18-16(9-25-27-18)26-19(28)17-14(22)6-3-7-15(17)23/h2-7,9,24H,1,8H2,(H,25,27)(H,26,28). The van der Waals surface area contributed by atoms with E-state index < -0.39 is 23.1 Å². The number of aromatic nitrogens is 2. The molecule has 28 heavy (non-hydrogen) atoms. The van der Waals surface area contributed by atoms with Crippen LogP contribution in [0.25, 0.3) is 5.70 Å². The number of nitrogens with one attached hydrogen (secondary N) is 3. The van der Waals surface area contributed by atoms with Gasteiger partial charge < -0.3 is 10.6 Å². The summed E-state index contributed by atoms with van der Waals surface area (Å²) in [5, 5.41) is 12.9. The number of anilines is 1. The van der Waals surface area contributed by atoms with E-state index >= 15 is 0 Å². The van der Waals surface area contributed by atoms with Crippen LogP contribution >= 0.6 is 23.2 Å². The lowest BCUT2D eigenvalue weighted by molar-refractivity contribution is 0.101. The second-order valence-corrected chi connectivity index (χ2v) is 6.56. The van der Waals surface area contributed by atoms with Gasteiger partial charge in [-0.1, -0.05) is 41.9 Å². The number of hydrogen-bond acceptors (Lipinski definition) is 3.